The van der Waals surface area contributed by atoms with E-state index in [9.17, 15) is 12.8 Å². The van der Waals surface area contributed by atoms with Gasteiger partial charge in [-0.05, 0) is 43.2 Å². The van der Waals surface area contributed by atoms with Crippen LogP contribution in [0.4, 0.5) is 15.8 Å². The average Bonchev–Trinajstić information content (AvgIpc) is 2.33. The molecule has 6 heteroatoms. The summed E-state index contributed by atoms with van der Waals surface area (Å²) in [5.74, 6) is -0.872. The molecule has 0 fully saturated rings. The number of halogens is 1. The minimum absolute atomic E-state index is 0.122. The van der Waals surface area contributed by atoms with Gasteiger partial charge in [-0.2, -0.15) is 0 Å². The van der Waals surface area contributed by atoms with Gasteiger partial charge in [0.1, 0.15) is 10.7 Å². The maximum absolute atomic E-state index is 13.7. The average molecular weight is 294 g/mol. The van der Waals surface area contributed by atoms with Crippen LogP contribution in [-0.2, 0) is 10.0 Å². The first-order valence-electron chi connectivity index (χ1n) is 5.95. The van der Waals surface area contributed by atoms with Crippen LogP contribution in [0.25, 0.3) is 0 Å². The van der Waals surface area contributed by atoms with Gasteiger partial charge < -0.3 is 5.73 Å². The van der Waals surface area contributed by atoms with Crippen molar-refractivity contribution >= 4 is 21.4 Å². The molecule has 0 spiro atoms. The third-order valence-corrected chi connectivity index (χ3v) is 4.36. The molecule has 0 unspecified atom stereocenters. The molecule has 0 saturated heterocycles. The summed E-state index contributed by atoms with van der Waals surface area (Å²) in [4.78, 5) is -0.527. The molecule has 0 aromatic heterocycles. The zero-order chi connectivity index (χ0) is 14.9. The van der Waals surface area contributed by atoms with E-state index in [1.54, 1.807) is 19.1 Å². The number of sulfonamides is 1. The highest BCUT2D eigenvalue weighted by atomic mass is 32.2. The van der Waals surface area contributed by atoms with Crippen LogP contribution in [0.2, 0.25) is 0 Å². The van der Waals surface area contributed by atoms with Crippen LogP contribution >= 0.6 is 0 Å². The minimum atomic E-state index is -4.06. The first kappa shape index (κ1) is 14.3. The molecule has 0 aliphatic rings. The molecule has 0 aliphatic heterocycles. The summed E-state index contributed by atoms with van der Waals surface area (Å²) < 4.78 is 40.7. The van der Waals surface area contributed by atoms with Gasteiger partial charge in [-0.15, -0.1) is 0 Å². The van der Waals surface area contributed by atoms with Gasteiger partial charge in [0, 0.05) is 0 Å². The van der Waals surface area contributed by atoms with Crippen molar-refractivity contribution in [2.45, 2.75) is 18.7 Å². The van der Waals surface area contributed by atoms with Gasteiger partial charge in [-0.3, -0.25) is 4.72 Å². The molecule has 2 rings (SSSR count). The molecule has 0 atom stereocenters. The second-order valence-electron chi connectivity index (χ2n) is 4.58. The minimum Gasteiger partial charge on any atom is -0.398 e. The standard InChI is InChI=1S/C14H15FN2O2S/c1-9-6-7-10(2)13(8-9)17-20(18,19)14-11(15)4-3-5-12(14)16/h3-8,17H,16H2,1-2H3. The number of nitrogens with two attached hydrogens (primary N) is 1. The van der Waals surface area contributed by atoms with Crippen molar-refractivity contribution < 1.29 is 12.8 Å². The summed E-state index contributed by atoms with van der Waals surface area (Å²) in [5.41, 5.74) is 7.50. The van der Waals surface area contributed by atoms with E-state index in [-0.39, 0.29) is 5.69 Å². The highest BCUT2D eigenvalue weighted by Crippen LogP contribution is 2.26. The van der Waals surface area contributed by atoms with E-state index in [1.165, 1.54) is 12.1 Å². The van der Waals surface area contributed by atoms with Crippen molar-refractivity contribution in [2.75, 3.05) is 10.5 Å². The normalized spacial score (nSPS) is 11.3. The second kappa shape index (κ2) is 5.13. The molecule has 0 radical (unpaired) electrons. The molecule has 106 valence electrons. The maximum atomic E-state index is 13.7. The van der Waals surface area contributed by atoms with Gasteiger partial charge in [-0.25, -0.2) is 12.8 Å². The summed E-state index contributed by atoms with van der Waals surface area (Å²) in [7, 11) is -4.06. The fourth-order valence-corrected chi connectivity index (χ4v) is 3.17. The number of aryl methyl sites for hydroxylation is 2. The van der Waals surface area contributed by atoms with Gasteiger partial charge in [-0.1, -0.05) is 18.2 Å². The smallest absolute Gasteiger partial charge is 0.266 e. The number of hydrogen-bond donors (Lipinski definition) is 2. The molecule has 0 amide bonds. The third-order valence-electron chi connectivity index (χ3n) is 2.90. The first-order valence-corrected chi connectivity index (χ1v) is 7.43. The molecule has 0 bridgehead atoms. The zero-order valence-electron chi connectivity index (χ0n) is 11.1. The molecule has 0 saturated carbocycles. The Balaban J connectivity index is 2.49. The third kappa shape index (κ3) is 2.75. The van der Waals surface area contributed by atoms with Gasteiger partial charge in [0.05, 0.1) is 11.4 Å². The number of anilines is 2. The Morgan fingerprint density at radius 3 is 2.50 bits per heavy atom. The van der Waals surface area contributed by atoms with Gasteiger partial charge in [0.25, 0.3) is 10.0 Å². The summed E-state index contributed by atoms with van der Waals surface area (Å²) >= 11 is 0. The predicted octanol–water partition coefficient (Wildman–Crippen LogP) is 2.83. The lowest BCUT2D eigenvalue weighted by molar-refractivity contribution is 0.572. The van der Waals surface area contributed by atoms with E-state index in [4.69, 9.17) is 5.73 Å². The number of nitrogen functional groups attached to an aromatic ring is 1. The second-order valence-corrected chi connectivity index (χ2v) is 6.20. The van der Waals surface area contributed by atoms with Gasteiger partial charge >= 0.3 is 0 Å². The molecule has 2 aromatic carbocycles. The number of benzene rings is 2. The molecule has 4 nitrogen and oxygen atoms in total. The molecule has 3 N–H and O–H groups in total. The van der Waals surface area contributed by atoms with Crippen LogP contribution in [0.1, 0.15) is 11.1 Å². The van der Waals surface area contributed by atoms with Crippen molar-refractivity contribution in [1.29, 1.82) is 0 Å². The van der Waals surface area contributed by atoms with Crippen molar-refractivity contribution in [3.63, 3.8) is 0 Å². The molecular weight excluding hydrogens is 279 g/mol. The summed E-state index contributed by atoms with van der Waals surface area (Å²) in [6.07, 6.45) is 0. The van der Waals surface area contributed by atoms with E-state index < -0.39 is 20.7 Å². The Morgan fingerprint density at radius 1 is 1.15 bits per heavy atom. The summed E-state index contributed by atoms with van der Waals surface area (Å²) in [6.45, 7) is 3.61. The Bertz CT molecular complexity index is 738. The zero-order valence-corrected chi connectivity index (χ0v) is 12.0. The lowest BCUT2D eigenvalue weighted by atomic mass is 10.1. The fraction of sp³-hybridized carbons (Fsp3) is 0.143. The Kier molecular flexibility index (Phi) is 3.67. The topological polar surface area (TPSA) is 72.2 Å². The molecular formula is C14H15FN2O2S. The number of nitrogens with one attached hydrogen (secondary N) is 1. The molecule has 20 heavy (non-hydrogen) atoms. The quantitative estimate of drug-likeness (QED) is 0.855. The van der Waals surface area contributed by atoms with Crippen LogP contribution < -0.4 is 10.5 Å². The van der Waals surface area contributed by atoms with Gasteiger partial charge in [0.15, 0.2) is 0 Å². The molecule has 0 aliphatic carbocycles. The highest BCUT2D eigenvalue weighted by molar-refractivity contribution is 7.92. The summed E-state index contributed by atoms with van der Waals surface area (Å²) in [5, 5.41) is 0. The van der Waals surface area contributed by atoms with Crippen molar-refractivity contribution in [3.8, 4) is 0 Å². The Morgan fingerprint density at radius 2 is 1.85 bits per heavy atom. The van der Waals surface area contributed by atoms with E-state index in [1.807, 2.05) is 13.0 Å². The van der Waals surface area contributed by atoms with E-state index >= 15 is 0 Å². The van der Waals surface area contributed by atoms with Crippen molar-refractivity contribution in [1.82, 2.24) is 0 Å². The van der Waals surface area contributed by atoms with Crippen LogP contribution in [0.3, 0.4) is 0 Å². The highest BCUT2D eigenvalue weighted by Gasteiger charge is 2.22. The first-order chi connectivity index (χ1) is 9.31. The Hall–Kier alpha value is -2.08. The van der Waals surface area contributed by atoms with Crippen LogP contribution in [-0.4, -0.2) is 8.42 Å². The Labute approximate surface area is 117 Å². The van der Waals surface area contributed by atoms with Crippen LogP contribution in [0, 0.1) is 19.7 Å². The fourth-order valence-electron chi connectivity index (χ4n) is 1.85. The largest absolute Gasteiger partial charge is 0.398 e. The summed E-state index contributed by atoms with van der Waals surface area (Å²) in [6, 6.07) is 9.11. The lowest BCUT2D eigenvalue weighted by Gasteiger charge is -2.13. The van der Waals surface area contributed by atoms with E-state index in [2.05, 4.69) is 4.72 Å². The van der Waals surface area contributed by atoms with Gasteiger partial charge in [0.2, 0.25) is 0 Å². The molecule has 2 aromatic rings. The van der Waals surface area contributed by atoms with Crippen molar-refractivity contribution in [2.24, 2.45) is 0 Å². The monoisotopic (exact) mass is 294 g/mol. The lowest BCUT2D eigenvalue weighted by Crippen LogP contribution is -2.17. The molecule has 0 heterocycles. The SMILES string of the molecule is Cc1ccc(C)c(NS(=O)(=O)c2c(N)cccc2F)c1. The maximum Gasteiger partial charge on any atom is 0.266 e. The number of hydrogen-bond acceptors (Lipinski definition) is 3. The van der Waals surface area contributed by atoms with Crippen LogP contribution in [0.15, 0.2) is 41.3 Å². The predicted molar refractivity (Wildman–Crippen MR) is 77.5 cm³/mol. The number of rotatable bonds is 3. The van der Waals surface area contributed by atoms with E-state index in [0.29, 0.717) is 5.69 Å². The van der Waals surface area contributed by atoms with Crippen molar-refractivity contribution in [3.05, 3.63) is 53.3 Å². The van der Waals surface area contributed by atoms with E-state index in [0.717, 1.165) is 17.2 Å². The van der Waals surface area contributed by atoms with Crippen LogP contribution in [0.5, 0.6) is 0 Å².